The van der Waals surface area contributed by atoms with Gasteiger partial charge in [-0.05, 0) is 68.7 Å². The Balaban J connectivity index is 1.50. The highest BCUT2D eigenvalue weighted by Crippen LogP contribution is 2.39. The van der Waals surface area contributed by atoms with Gasteiger partial charge in [0.1, 0.15) is 23.4 Å². The molecule has 4 aromatic rings. The van der Waals surface area contributed by atoms with Crippen molar-refractivity contribution in [2.45, 2.75) is 56.6 Å². The molecule has 0 aliphatic carbocycles. The standard InChI is InChI=1S/C38H44O7SSi/c1-38(2,3)47(33-15-9-5-10-16-33,34-17-11-6-12-18-34)44-26-30-27-46(42,43)36(25-40)37(30)35(41)22-19-29(28-13-7-4-8-14-28)23-31-20-21-32(24-39)45-31/h4-18,20-21,23,35-36,39-41H,19,22,24-27H2,1-3H3/b29-23-/t35-,36+/m1/s1. The largest absolute Gasteiger partial charge is 0.459 e. The van der Waals surface area contributed by atoms with Crippen molar-refractivity contribution in [3.05, 3.63) is 131 Å². The maximum Gasteiger partial charge on any atom is 0.261 e. The summed E-state index contributed by atoms with van der Waals surface area (Å²) in [6.45, 7) is 5.67. The van der Waals surface area contributed by atoms with Crippen molar-refractivity contribution in [1.29, 1.82) is 0 Å². The summed E-state index contributed by atoms with van der Waals surface area (Å²) in [5.41, 5.74) is 2.66. The lowest BCUT2D eigenvalue weighted by atomic mass is 9.93. The van der Waals surface area contributed by atoms with Crippen LogP contribution in [0.5, 0.6) is 0 Å². The van der Waals surface area contributed by atoms with Crippen molar-refractivity contribution in [3.8, 4) is 0 Å². The van der Waals surface area contributed by atoms with Crippen molar-refractivity contribution in [2.24, 2.45) is 0 Å². The number of aliphatic hydroxyl groups excluding tert-OH is 3. The summed E-state index contributed by atoms with van der Waals surface area (Å²) >= 11 is 0. The summed E-state index contributed by atoms with van der Waals surface area (Å²) in [6, 6.07) is 33.4. The summed E-state index contributed by atoms with van der Waals surface area (Å²) in [4.78, 5) is 0. The molecule has 1 aromatic heterocycles. The maximum atomic E-state index is 13.4. The zero-order chi connectivity index (χ0) is 33.7. The number of aliphatic hydroxyl groups is 3. The lowest BCUT2D eigenvalue weighted by Gasteiger charge is -2.43. The summed E-state index contributed by atoms with van der Waals surface area (Å²) in [5.74, 6) is 0.736. The predicted octanol–water partition coefficient (Wildman–Crippen LogP) is 5.12. The van der Waals surface area contributed by atoms with Crippen LogP contribution < -0.4 is 10.4 Å². The molecule has 3 aromatic carbocycles. The van der Waals surface area contributed by atoms with Gasteiger partial charge in [0, 0.05) is 0 Å². The third kappa shape index (κ3) is 7.46. The molecule has 1 aliphatic heterocycles. The molecule has 248 valence electrons. The first-order valence-electron chi connectivity index (χ1n) is 15.9. The van der Waals surface area contributed by atoms with Crippen LogP contribution in [-0.2, 0) is 20.9 Å². The normalized spacial score (nSPS) is 17.7. The second kappa shape index (κ2) is 14.7. The average molecular weight is 673 g/mol. The van der Waals surface area contributed by atoms with Crippen LogP contribution >= 0.6 is 0 Å². The first-order valence-corrected chi connectivity index (χ1v) is 19.6. The number of sulfone groups is 1. The number of rotatable bonds is 13. The molecule has 3 N–H and O–H groups in total. The second-order valence-corrected chi connectivity index (χ2v) is 19.5. The molecule has 5 rings (SSSR count). The minimum absolute atomic E-state index is 0.0210. The second-order valence-electron chi connectivity index (χ2n) is 13.0. The highest BCUT2D eigenvalue weighted by atomic mass is 32.2. The molecule has 0 saturated heterocycles. The van der Waals surface area contributed by atoms with Crippen LogP contribution in [0.3, 0.4) is 0 Å². The van der Waals surface area contributed by atoms with Gasteiger partial charge in [-0.3, -0.25) is 0 Å². The van der Waals surface area contributed by atoms with Crippen molar-refractivity contribution in [3.63, 3.8) is 0 Å². The molecule has 0 unspecified atom stereocenters. The predicted molar refractivity (Wildman–Crippen MR) is 189 cm³/mol. The summed E-state index contributed by atoms with van der Waals surface area (Å²) in [6.07, 6.45) is 1.37. The van der Waals surface area contributed by atoms with Gasteiger partial charge in [0.25, 0.3) is 8.32 Å². The molecule has 0 amide bonds. The van der Waals surface area contributed by atoms with E-state index in [2.05, 4.69) is 45.0 Å². The Hall–Kier alpha value is -3.57. The van der Waals surface area contributed by atoms with E-state index in [1.807, 2.05) is 72.8 Å². The Labute approximate surface area is 278 Å². The van der Waals surface area contributed by atoms with E-state index in [1.165, 1.54) is 0 Å². The Morgan fingerprint density at radius 1 is 0.915 bits per heavy atom. The fourth-order valence-electron chi connectivity index (χ4n) is 6.72. The van der Waals surface area contributed by atoms with Gasteiger partial charge in [-0.2, -0.15) is 0 Å². The van der Waals surface area contributed by atoms with Gasteiger partial charge in [-0.25, -0.2) is 8.42 Å². The number of hydrogen-bond acceptors (Lipinski definition) is 7. The van der Waals surface area contributed by atoms with Crippen LogP contribution in [0.4, 0.5) is 0 Å². The van der Waals surface area contributed by atoms with Gasteiger partial charge in [0.2, 0.25) is 0 Å². The molecular weight excluding hydrogens is 629 g/mol. The van der Waals surface area contributed by atoms with Crippen LogP contribution in [0, 0.1) is 0 Å². The van der Waals surface area contributed by atoms with Crippen molar-refractivity contribution in [1.82, 2.24) is 0 Å². The Morgan fingerprint density at radius 3 is 2.00 bits per heavy atom. The zero-order valence-corrected chi connectivity index (χ0v) is 29.0. The van der Waals surface area contributed by atoms with E-state index in [0.717, 1.165) is 21.5 Å². The van der Waals surface area contributed by atoms with E-state index in [9.17, 15) is 23.7 Å². The molecule has 0 spiro atoms. The molecule has 0 saturated carbocycles. The topological polar surface area (TPSA) is 117 Å². The van der Waals surface area contributed by atoms with Crippen LogP contribution in [0.1, 0.15) is 50.7 Å². The third-order valence-electron chi connectivity index (χ3n) is 8.96. The minimum Gasteiger partial charge on any atom is -0.459 e. The Bertz CT molecular complexity index is 1750. The number of furan rings is 1. The Kier molecular flexibility index (Phi) is 10.9. The van der Waals surface area contributed by atoms with E-state index in [-0.39, 0.29) is 30.4 Å². The smallest absolute Gasteiger partial charge is 0.261 e. The van der Waals surface area contributed by atoms with E-state index in [0.29, 0.717) is 29.1 Å². The molecule has 2 heterocycles. The molecule has 2 atom stereocenters. The van der Waals surface area contributed by atoms with Crippen LogP contribution in [-0.4, -0.2) is 62.4 Å². The molecule has 0 fully saturated rings. The van der Waals surface area contributed by atoms with E-state index in [4.69, 9.17) is 8.84 Å². The van der Waals surface area contributed by atoms with E-state index < -0.39 is 36.1 Å². The highest BCUT2D eigenvalue weighted by molar-refractivity contribution is 7.92. The van der Waals surface area contributed by atoms with Gasteiger partial charge in [0.15, 0.2) is 9.84 Å². The van der Waals surface area contributed by atoms with E-state index in [1.54, 1.807) is 12.1 Å². The lowest BCUT2D eigenvalue weighted by molar-refractivity contribution is 0.188. The van der Waals surface area contributed by atoms with Gasteiger partial charge in [-0.15, -0.1) is 0 Å². The van der Waals surface area contributed by atoms with Gasteiger partial charge in [0.05, 0.1) is 25.1 Å². The summed E-state index contributed by atoms with van der Waals surface area (Å²) < 4.78 is 39.6. The highest BCUT2D eigenvalue weighted by Gasteiger charge is 2.51. The fourth-order valence-corrected chi connectivity index (χ4v) is 13.1. The quantitative estimate of drug-likeness (QED) is 0.133. The van der Waals surface area contributed by atoms with Gasteiger partial charge in [-0.1, -0.05) is 112 Å². The first kappa shape index (κ1) is 34.8. The number of benzene rings is 3. The maximum absolute atomic E-state index is 13.4. The molecule has 47 heavy (non-hydrogen) atoms. The van der Waals surface area contributed by atoms with Crippen LogP contribution in [0.2, 0.25) is 5.04 Å². The van der Waals surface area contributed by atoms with Crippen molar-refractivity contribution in [2.75, 3.05) is 19.0 Å². The molecule has 1 aliphatic rings. The number of allylic oxidation sites excluding steroid dienone is 1. The molecule has 0 radical (unpaired) electrons. The van der Waals surface area contributed by atoms with Gasteiger partial charge < -0.3 is 24.2 Å². The van der Waals surface area contributed by atoms with Crippen molar-refractivity contribution >= 4 is 40.2 Å². The first-order chi connectivity index (χ1) is 22.5. The average Bonchev–Trinajstić information content (AvgIpc) is 3.64. The minimum atomic E-state index is -3.75. The van der Waals surface area contributed by atoms with Crippen LogP contribution in [0.15, 0.2) is 119 Å². The molecule has 9 heteroatoms. The molecule has 0 bridgehead atoms. The Morgan fingerprint density at radius 2 is 1.49 bits per heavy atom. The summed E-state index contributed by atoms with van der Waals surface area (Å²) in [5, 5.41) is 32.1. The van der Waals surface area contributed by atoms with Gasteiger partial charge >= 0.3 is 0 Å². The van der Waals surface area contributed by atoms with Crippen LogP contribution in [0.25, 0.3) is 11.6 Å². The van der Waals surface area contributed by atoms with Crippen molar-refractivity contribution < 1.29 is 32.6 Å². The molecular formula is C38H44O7SSi. The monoisotopic (exact) mass is 672 g/mol. The third-order valence-corrected chi connectivity index (χ3v) is 16.0. The number of hydrogen-bond donors (Lipinski definition) is 3. The zero-order valence-electron chi connectivity index (χ0n) is 27.2. The summed E-state index contributed by atoms with van der Waals surface area (Å²) in [7, 11) is -6.75. The lowest BCUT2D eigenvalue weighted by Crippen LogP contribution is -2.66. The SMILES string of the molecule is CC(C)(C)[Si](OCC1=C([C@H](O)CC/C(=C/c2ccc(CO)o2)c2ccccc2)[C@H](CO)S(=O)(=O)C1)(c1ccccc1)c1ccccc1. The fraction of sp³-hybridized carbons (Fsp3) is 0.316. The van der Waals surface area contributed by atoms with E-state index >= 15 is 0 Å². The molecule has 7 nitrogen and oxygen atoms in total.